The van der Waals surface area contributed by atoms with Crippen LogP contribution in [0.4, 0.5) is 0 Å². The fourth-order valence-corrected chi connectivity index (χ4v) is 2.22. The molecule has 1 aliphatic rings. The highest BCUT2D eigenvalue weighted by Crippen LogP contribution is 2.10. The Morgan fingerprint density at radius 2 is 2.15 bits per heavy atom. The molecular formula is C9H18N2OS. The van der Waals surface area contributed by atoms with Gasteiger partial charge in [0, 0.05) is 12.3 Å². The van der Waals surface area contributed by atoms with Gasteiger partial charge in [-0.05, 0) is 13.1 Å². The lowest BCUT2D eigenvalue weighted by molar-refractivity contribution is -0.130. The number of hydrogen-bond acceptors (Lipinski definition) is 3. The predicted molar refractivity (Wildman–Crippen MR) is 56.8 cm³/mol. The second kappa shape index (κ2) is 5.50. The number of hydrogen-bond donors (Lipinski definition) is 0. The SMILES string of the molecule is CCN(CC)CN1CCSCC1=O. The smallest absolute Gasteiger partial charge is 0.233 e. The first kappa shape index (κ1) is 10.9. The molecule has 0 N–H and O–H groups in total. The molecule has 0 bridgehead atoms. The Morgan fingerprint density at radius 3 is 2.69 bits per heavy atom. The number of thioether (sulfide) groups is 1. The van der Waals surface area contributed by atoms with E-state index in [-0.39, 0.29) is 0 Å². The van der Waals surface area contributed by atoms with Crippen LogP contribution in [0.1, 0.15) is 13.8 Å². The van der Waals surface area contributed by atoms with Gasteiger partial charge < -0.3 is 4.90 Å². The van der Waals surface area contributed by atoms with Crippen molar-refractivity contribution in [2.75, 3.05) is 37.8 Å². The Morgan fingerprint density at radius 1 is 1.46 bits per heavy atom. The molecule has 1 saturated heterocycles. The molecule has 0 spiro atoms. The summed E-state index contributed by atoms with van der Waals surface area (Å²) in [5.41, 5.74) is 0. The summed E-state index contributed by atoms with van der Waals surface area (Å²) >= 11 is 1.74. The standard InChI is InChI=1S/C9H18N2OS/c1-3-10(4-2)8-11-5-6-13-7-9(11)12/h3-8H2,1-2H3. The minimum Gasteiger partial charge on any atom is -0.328 e. The first-order chi connectivity index (χ1) is 6.27. The molecule has 4 heteroatoms. The highest BCUT2D eigenvalue weighted by atomic mass is 32.2. The molecule has 0 saturated carbocycles. The van der Waals surface area contributed by atoms with Crippen molar-refractivity contribution in [3.8, 4) is 0 Å². The van der Waals surface area contributed by atoms with Crippen molar-refractivity contribution in [1.82, 2.24) is 9.80 Å². The molecular weight excluding hydrogens is 184 g/mol. The van der Waals surface area contributed by atoms with E-state index in [2.05, 4.69) is 18.7 Å². The van der Waals surface area contributed by atoms with E-state index in [0.717, 1.165) is 32.1 Å². The van der Waals surface area contributed by atoms with E-state index >= 15 is 0 Å². The average Bonchev–Trinajstić information content (AvgIpc) is 2.17. The van der Waals surface area contributed by atoms with Gasteiger partial charge in [0.1, 0.15) is 0 Å². The van der Waals surface area contributed by atoms with Crippen LogP contribution < -0.4 is 0 Å². The van der Waals surface area contributed by atoms with Gasteiger partial charge in [-0.25, -0.2) is 0 Å². The first-order valence-corrected chi connectivity index (χ1v) is 6.01. The van der Waals surface area contributed by atoms with Crippen molar-refractivity contribution >= 4 is 17.7 Å². The normalized spacial score (nSPS) is 18.4. The molecule has 1 rings (SSSR count). The molecule has 1 heterocycles. The first-order valence-electron chi connectivity index (χ1n) is 4.85. The molecule has 13 heavy (non-hydrogen) atoms. The van der Waals surface area contributed by atoms with Crippen LogP contribution in [0.25, 0.3) is 0 Å². The van der Waals surface area contributed by atoms with Crippen molar-refractivity contribution in [1.29, 1.82) is 0 Å². The van der Waals surface area contributed by atoms with Crippen LogP contribution >= 0.6 is 11.8 Å². The van der Waals surface area contributed by atoms with Gasteiger partial charge in [-0.1, -0.05) is 13.8 Å². The van der Waals surface area contributed by atoms with Crippen molar-refractivity contribution in [2.45, 2.75) is 13.8 Å². The van der Waals surface area contributed by atoms with Gasteiger partial charge in [-0.2, -0.15) is 11.8 Å². The second-order valence-corrected chi connectivity index (χ2v) is 4.26. The maximum atomic E-state index is 11.4. The fourth-order valence-electron chi connectivity index (χ4n) is 1.36. The highest BCUT2D eigenvalue weighted by molar-refractivity contribution is 8.00. The van der Waals surface area contributed by atoms with E-state index in [0.29, 0.717) is 11.7 Å². The van der Waals surface area contributed by atoms with Crippen molar-refractivity contribution in [3.05, 3.63) is 0 Å². The van der Waals surface area contributed by atoms with Crippen LogP contribution in [0, 0.1) is 0 Å². The summed E-state index contributed by atoms with van der Waals surface area (Å²) in [6.45, 7) is 8.03. The molecule has 1 fully saturated rings. The molecule has 0 unspecified atom stereocenters. The monoisotopic (exact) mass is 202 g/mol. The summed E-state index contributed by atoms with van der Waals surface area (Å²) in [5, 5.41) is 0. The number of carbonyl (C=O) groups is 1. The van der Waals surface area contributed by atoms with Gasteiger partial charge in [0.25, 0.3) is 0 Å². The third kappa shape index (κ3) is 3.19. The third-order valence-electron chi connectivity index (χ3n) is 2.35. The van der Waals surface area contributed by atoms with Crippen LogP contribution in [0.3, 0.4) is 0 Å². The summed E-state index contributed by atoms with van der Waals surface area (Å²) in [5.74, 6) is 2.05. The van der Waals surface area contributed by atoms with Crippen molar-refractivity contribution in [2.24, 2.45) is 0 Å². The summed E-state index contributed by atoms with van der Waals surface area (Å²) in [6.07, 6.45) is 0. The molecule has 0 aromatic carbocycles. The van der Waals surface area contributed by atoms with Gasteiger partial charge in [0.15, 0.2) is 0 Å². The van der Waals surface area contributed by atoms with E-state index in [1.54, 1.807) is 11.8 Å². The lowest BCUT2D eigenvalue weighted by Gasteiger charge is -2.31. The second-order valence-electron chi connectivity index (χ2n) is 3.15. The van der Waals surface area contributed by atoms with E-state index in [1.807, 2.05) is 4.90 Å². The molecule has 0 aliphatic carbocycles. The average molecular weight is 202 g/mol. The molecule has 1 amide bonds. The summed E-state index contributed by atoms with van der Waals surface area (Å²) in [6, 6.07) is 0. The van der Waals surface area contributed by atoms with Crippen LogP contribution in [-0.2, 0) is 4.79 Å². The maximum absolute atomic E-state index is 11.4. The van der Waals surface area contributed by atoms with Gasteiger partial charge in [-0.3, -0.25) is 9.69 Å². The number of amides is 1. The zero-order valence-corrected chi connectivity index (χ0v) is 9.27. The van der Waals surface area contributed by atoms with E-state index in [4.69, 9.17) is 0 Å². The minimum absolute atomic E-state index is 0.295. The molecule has 3 nitrogen and oxygen atoms in total. The maximum Gasteiger partial charge on any atom is 0.233 e. The highest BCUT2D eigenvalue weighted by Gasteiger charge is 2.19. The fraction of sp³-hybridized carbons (Fsp3) is 0.889. The third-order valence-corrected chi connectivity index (χ3v) is 3.27. The van der Waals surface area contributed by atoms with Crippen LogP contribution in [0.5, 0.6) is 0 Å². The summed E-state index contributed by atoms with van der Waals surface area (Å²) < 4.78 is 0. The van der Waals surface area contributed by atoms with Gasteiger partial charge in [0.2, 0.25) is 5.91 Å². The zero-order chi connectivity index (χ0) is 9.68. The van der Waals surface area contributed by atoms with E-state index in [1.165, 1.54) is 0 Å². The van der Waals surface area contributed by atoms with Crippen LogP contribution in [-0.4, -0.2) is 53.5 Å². The number of carbonyl (C=O) groups excluding carboxylic acids is 1. The van der Waals surface area contributed by atoms with Crippen LogP contribution in [0.15, 0.2) is 0 Å². The predicted octanol–water partition coefficient (Wildman–Crippen LogP) is 0.861. The number of rotatable bonds is 4. The quantitative estimate of drug-likeness (QED) is 0.675. The zero-order valence-electron chi connectivity index (χ0n) is 8.45. The Bertz CT molecular complexity index is 171. The van der Waals surface area contributed by atoms with Crippen LogP contribution in [0.2, 0.25) is 0 Å². The van der Waals surface area contributed by atoms with Gasteiger partial charge in [-0.15, -0.1) is 0 Å². The van der Waals surface area contributed by atoms with Crippen molar-refractivity contribution in [3.63, 3.8) is 0 Å². The molecule has 0 radical (unpaired) electrons. The molecule has 0 aromatic heterocycles. The Kier molecular flexibility index (Phi) is 4.59. The van der Waals surface area contributed by atoms with E-state index < -0.39 is 0 Å². The molecule has 1 aliphatic heterocycles. The van der Waals surface area contributed by atoms with Gasteiger partial charge >= 0.3 is 0 Å². The topological polar surface area (TPSA) is 23.6 Å². The molecule has 76 valence electrons. The Balaban J connectivity index is 2.36. The summed E-state index contributed by atoms with van der Waals surface area (Å²) in [4.78, 5) is 15.7. The molecule has 0 atom stereocenters. The van der Waals surface area contributed by atoms with Gasteiger partial charge in [0.05, 0.1) is 12.4 Å². The lowest BCUT2D eigenvalue weighted by Crippen LogP contribution is -2.45. The Labute approximate surface area is 84.5 Å². The largest absolute Gasteiger partial charge is 0.328 e. The van der Waals surface area contributed by atoms with Crippen molar-refractivity contribution < 1.29 is 4.79 Å². The van der Waals surface area contributed by atoms with E-state index in [9.17, 15) is 4.79 Å². The molecule has 0 aromatic rings. The number of nitrogens with zero attached hydrogens (tertiary/aromatic N) is 2. The Hall–Kier alpha value is -0.220. The summed E-state index contributed by atoms with van der Waals surface area (Å²) in [7, 11) is 0. The lowest BCUT2D eigenvalue weighted by atomic mass is 10.4. The minimum atomic E-state index is 0.295.